The summed E-state index contributed by atoms with van der Waals surface area (Å²) in [4.78, 5) is 29.8. The molecule has 1 rings (SSSR count). The molecule has 10 heteroatoms. The van der Waals surface area contributed by atoms with Crippen LogP contribution in [-0.4, -0.2) is 4.92 Å². The van der Waals surface area contributed by atoms with E-state index in [1.54, 1.807) is 0 Å². The summed E-state index contributed by atoms with van der Waals surface area (Å²) in [6.07, 6.45) is 0. The number of nitrogens with zero attached hydrogens (tertiary/aromatic N) is 1. The topological polar surface area (TPSA) is 116 Å². The van der Waals surface area contributed by atoms with Crippen molar-refractivity contribution in [1.82, 2.24) is 0 Å². The number of hydrogen-bond donors (Lipinski definition) is 0. The Bertz CT molecular complexity index is 391. The van der Waals surface area contributed by atoms with Crippen LogP contribution >= 0.6 is 7.82 Å². The minimum atomic E-state index is -5.10. The second-order valence-electron chi connectivity index (χ2n) is 2.29. The second kappa shape index (κ2) is 7.81. The standard InChI is InChI=1S/C6H6NO6P.2Na/c8-7(9)5-1-3-6(4-2-5)13-14(10,11)12;;/h1-4H,(H2,10,11,12);;/q;2*+1/p-2/i10+2,11+2,12+2;;. The molecule has 0 fully saturated rings. The van der Waals surface area contributed by atoms with E-state index in [4.69, 9.17) is 0 Å². The van der Waals surface area contributed by atoms with Gasteiger partial charge in [0.25, 0.3) is 5.69 Å². The van der Waals surface area contributed by atoms with Crippen molar-refractivity contribution in [2.75, 3.05) is 0 Å². The Morgan fingerprint density at radius 1 is 1.25 bits per heavy atom. The van der Waals surface area contributed by atoms with Crippen LogP contribution < -0.4 is 73.4 Å². The Morgan fingerprint density at radius 3 is 2.00 bits per heavy atom. The third kappa shape index (κ3) is 7.01. The van der Waals surface area contributed by atoms with Crippen LogP contribution in [0.1, 0.15) is 0 Å². The Kier molecular flexibility index (Phi) is 9.24. The van der Waals surface area contributed by atoms with Crippen molar-refractivity contribution in [3.8, 4) is 5.75 Å². The van der Waals surface area contributed by atoms with Crippen molar-refractivity contribution in [3.63, 3.8) is 0 Å². The maximum absolute atomic E-state index is 10.2. The Hall–Kier alpha value is 0.570. The Balaban J connectivity index is 0. The minimum absolute atomic E-state index is 0. The molecule has 0 radical (unpaired) electrons. The first kappa shape index (κ1) is 18.9. The fourth-order valence-electron chi connectivity index (χ4n) is 0.758. The van der Waals surface area contributed by atoms with Crippen molar-refractivity contribution < 1.29 is 82.9 Å². The third-order valence-electron chi connectivity index (χ3n) is 1.26. The summed E-state index contributed by atoms with van der Waals surface area (Å²) in [6, 6.07) is 4.12. The van der Waals surface area contributed by atoms with Crippen LogP contribution in [0.15, 0.2) is 24.3 Å². The summed E-state index contributed by atoms with van der Waals surface area (Å²) in [5.41, 5.74) is -0.219. The predicted molar refractivity (Wildman–Crippen MR) is 41.3 cm³/mol. The number of phosphoric acid groups is 1. The maximum Gasteiger partial charge on any atom is 1.00 e. The van der Waals surface area contributed by atoms with Crippen LogP contribution in [0.3, 0.4) is 0 Å². The molecule has 1 aromatic rings. The summed E-state index contributed by atoms with van der Waals surface area (Å²) in [5.74, 6) is -0.246. The molecule has 0 aliphatic heterocycles. The minimum Gasteiger partial charge on any atom is -0.780 e. The summed E-state index contributed by atoms with van der Waals surface area (Å²) in [7, 11) is -5.10. The van der Waals surface area contributed by atoms with Gasteiger partial charge in [-0.05, 0) is 12.1 Å². The van der Waals surface area contributed by atoms with Gasteiger partial charge in [-0.1, -0.05) is 0 Å². The molecule has 0 atom stereocenters. The van der Waals surface area contributed by atoms with Gasteiger partial charge in [-0.15, -0.1) is 0 Å². The number of phosphoric ester groups is 1. The van der Waals surface area contributed by atoms with E-state index in [1.807, 2.05) is 0 Å². The van der Waals surface area contributed by atoms with Crippen molar-refractivity contribution in [2.24, 2.45) is 0 Å². The second-order valence-corrected chi connectivity index (χ2v) is 3.37. The van der Waals surface area contributed by atoms with E-state index in [-0.39, 0.29) is 70.6 Å². The third-order valence-corrected chi connectivity index (χ3v) is 1.70. The van der Waals surface area contributed by atoms with Gasteiger partial charge < -0.3 is 18.9 Å². The van der Waals surface area contributed by atoms with Crippen LogP contribution in [0.2, 0.25) is 0 Å². The van der Waals surface area contributed by atoms with Crippen LogP contribution in [0.25, 0.3) is 0 Å². The van der Waals surface area contributed by atoms with Gasteiger partial charge in [-0.2, -0.15) is 0 Å². The van der Waals surface area contributed by atoms with Crippen molar-refractivity contribution >= 4 is 13.5 Å². The first-order valence-corrected chi connectivity index (χ1v) is 4.81. The molecule has 16 heavy (non-hydrogen) atoms. The predicted octanol–water partition coefficient (Wildman–Crippen LogP) is -6.19. The largest absolute Gasteiger partial charge is 1.00 e. The van der Waals surface area contributed by atoms with E-state index >= 15 is 0 Å². The molecule has 0 aliphatic carbocycles. The van der Waals surface area contributed by atoms with Crippen LogP contribution in [0.4, 0.5) is 5.69 Å². The van der Waals surface area contributed by atoms with E-state index in [9.17, 15) is 24.5 Å². The van der Waals surface area contributed by atoms with E-state index in [0.717, 1.165) is 24.3 Å². The normalized spacial score (nSPS) is 9.62. The van der Waals surface area contributed by atoms with Gasteiger partial charge in [0.1, 0.15) is 13.6 Å². The van der Waals surface area contributed by atoms with Gasteiger partial charge in [-0.3, -0.25) is 10.1 Å². The molecule has 0 aromatic heterocycles. The summed E-state index contributed by atoms with van der Waals surface area (Å²) in [6.45, 7) is 0. The monoisotopic (exact) mass is 269 g/mol. The molecule has 0 heterocycles. The van der Waals surface area contributed by atoms with Gasteiger partial charge in [-0.25, -0.2) is 0 Å². The average molecular weight is 269 g/mol. The smallest absolute Gasteiger partial charge is 0.780 e. The van der Waals surface area contributed by atoms with E-state index in [0.29, 0.717) is 0 Å². The Labute approximate surface area is 135 Å². The first-order chi connectivity index (χ1) is 6.38. The average Bonchev–Trinajstić information content (AvgIpc) is 2.02. The van der Waals surface area contributed by atoms with Crippen LogP contribution in [0, 0.1) is 10.1 Å². The summed E-state index contributed by atoms with van der Waals surface area (Å²) in [5, 5.41) is 10.2. The van der Waals surface area contributed by atoms with Gasteiger partial charge in [0.15, 0.2) is 0 Å². The molecular weight excluding hydrogens is 265 g/mol. The zero-order valence-corrected chi connectivity index (χ0v) is 13.5. The van der Waals surface area contributed by atoms with Crippen LogP contribution in [-0.2, 0) is 4.57 Å². The van der Waals surface area contributed by atoms with Gasteiger partial charge in [0.05, 0.1) is 4.92 Å². The molecule has 0 bridgehead atoms. The molecular formula is C6H4NNa2O6P. The van der Waals surface area contributed by atoms with Crippen molar-refractivity contribution in [3.05, 3.63) is 34.4 Å². The van der Waals surface area contributed by atoms with Gasteiger partial charge >= 0.3 is 59.1 Å². The molecule has 0 amide bonds. The number of nitro benzene ring substituents is 1. The number of hydrogen-bond acceptors (Lipinski definition) is 6. The van der Waals surface area contributed by atoms with Crippen LogP contribution in [0.5, 0.6) is 5.75 Å². The molecule has 1 aromatic carbocycles. The molecule has 0 saturated carbocycles. The van der Waals surface area contributed by atoms with Gasteiger partial charge in [0, 0.05) is 12.1 Å². The van der Waals surface area contributed by atoms with E-state index < -0.39 is 12.7 Å². The number of non-ortho nitro benzene ring substituents is 1. The quantitative estimate of drug-likeness (QED) is 0.177. The van der Waals surface area contributed by atoms with E-state index in [1.165, 1.54) is 0 Å². The SMILES string of the molecule is O=[N+]([O-])c1ccc(OP(=[18O])([18O-])[18O-])cc1.[Na+].[Na+]. The molecule has 0 spiro atoms. The molecule has 0 saturated heterocycles. The molecule has 0 unspecified atom stereocenters. The Morgan fingerprint density at radius 2 is 1.69 bits per heavy atom. The zero-order valence-electron chi connectivity index (χ0n) is 8.65. The number of benzene rings is 1. The van der Waals surface area contributed by atoms with Gasteiger partial charge in [0.2, 0.25) is 0 Å². The molecule has 76 valence electrons. The van der Waals surface area contributed by atoms with Crippen molar-refractivity contribution in [1.29, 1.82) is 0 Å². The first-order valence-electron chi connectivity index (χ1n) is 3.34. The molecule has 0 aliphatic rings. The van der Waals surface area contributed by atoms with E-state index in [2.05, 4.69) is 4.52 Å². The summed E-state index contributed by atoms with van der Waals surface area (Å²) < 4.78 is 14.1. The summed E-state index contributed by atoms with van der Waals surface area (Å²) >= 11 is 0. The number of rotatable bonds is 3. The molecule has 0 N–H and O–H groups in total. The number of nitro groups is 1. The molecule has 7 nitrogen and oxygen atoms in total. The zero-order chi connectivity index (χ0) is 10.8. The van der Waals surface area contributed by atoms with Crippen molar-refractivity contribution in [2.45, 2.75) is 0 Å². The fraction of sp³-hybridized carbons (Fsp3) is 0. The maximum atomic E-state index is 10.2. The fourth-order valence-corrected chi connectivity index (χ4v) is 1.14.